The topological polar surface area (TPSA) is 55.6 Å². The minimum atomic E-state index is -0.484. The van der Waals surface area contributed by atoms with Crippen molar-refractivity contribution in [2.24, 2.45) is 11.7 Å². The molecule has 4 nitrogen and oxygen atoms in total. The Hall–Kier alpha value is -0.610. The van der Waals surface area contributed by atoms with Crippen molar-refractivity contribution in [2.75, 3.05) is 20.2 Å². The van der Waals surface area contributed by atoms with Gasteiger partial charge >= 0.3 is 5.97 Å². The molecule has 0 aromatic rings. The van der Waals surface area contributed by atoms with Crippen LogP contribution in [0.1, 0.15) is 38.5 Å². The number of ether oxygens (including phenoxy) is 1. The molecule has 0 spiro atoms. The zero-order valence-corrected chi connectivity index (χ0v) is 10.7. The molecule has 2 rings (SSSR count). The summed E-state index contributed by atoms with van der Waals surface area (Å²) in [7, 11) is 1.40. The van der Waals surface area contributed by atoms with Crippen LogP contribution in [0.4, 0.5) is 0 Å². The first-order valence-electron chi connectivity index (χ1n) is 6.80. The summed E-state index contributed by atoms with van der Waals surface area (Å²) in [6.07, 6.45) is 7.98. The van der Waals surface area contributed by atoms with Gasteiger partial charge in [-0.3, -0.25) is 9.69 Å². The van der Waals surface area contributed by atoms with Crippen LogP contribution in [0.3, 0.4) is 0 Å². The van der Waals surface area contributed by atoms with Gasteiger partial charge in [-0.25, -0.2) is 0 Å². The molecule has 1 heterocycles. The second-order valence-electron chi connectivity index (χ2n) is 5.38. The Morgan fingerprint density at radius 1 is 1.35 bits per heavy atom. The SMILES string of the molecule is COC(=O)C(N)CN1CCCC1C1CCCC1. The summed E-state index contributed by atoms with van der Waals surface area (Å²) in [5, 5.41) is 0. The Kier molecular flexibility index (Phi) is 4.40. The Balaban J connectivity index is 1.88. The fourth-order valence-electron chi connectivity index (χ4n) is 3.43. The van der Waals surface area contributed by atoms with Gasteiger partial charge in [0.2, 0.25) is 0 Å². The van der Waals surface area contributed by atoms with E-state index in [0.29, 0.717) is 12.6 Å². The van der Waals surface area contributed by atoms with Crippen LogP contribution in [0.5, 0.6) is 0 Å². The maximum absolute atomic E-state index is 11.4. The minimum absolute atomic E-state index is 0.290. The van der Waals surface area contributed by atoms with E-state index in [1.807, 2.05) is 0 Å². The number of carbonyl (C=O) groups excluding carboxylic acids is 1. The van der Waals surface area contributed by atoms with E-state index in [-0.39, 0.29) is 5.97 Å². The lowest BCUT2D eigenvalue weighted by atomic mass is 9.96. The number of carbonyl (C=O) groups is 1. The predicted octanol–water partition coefficient (Wildman–Crippen LogP) is 1.14. The van der Waals surface area contributed by atoms with Gasteiger partial charge in [-0.15, -0.1) is 0 Å². The van der Waals surface area contributed by atoms with E-state index in [0.717, 1.165) is 12.5 Å². The second-order valence-corrected chi connectivity index (χ2v) is 5.38. The van der Waals surface area contributed by atoms with Crippen molar-refractivity contribution < 1.29 is 9.53 Å². The highest BCUT2D eigenvalue weighted by atomic mass is 16.5. The van der Waals surface area contributed by atoms with Crippen molar-refractivity contribution in [1.82, 2.24) is 4.90 Å². The molecule has 17 heavy (non-hydrogen) atoms. The Morgan fingerprint density at radius 3 is 2.71 bits per heavy atom. The fourth-order valence-corrected chi connectivity index (χ4v) is 3.43. The summed E-state index contributed by atoms with van der Waals surface area (Å²) in [5.74, 6) is 0.546. The van der Waals surface area contributed by atoms with Gasteiger partial charge in [0.05, 0.1) is 7.11 Å². The molecule has 2 atom stereocenters. The van der Waals surface area contributed by atoms with Crippen molar-refractivity contribution in [2.45, 2.75) is 50.6 Å². The van der Waals surface area contributed by atoms with E-state index in [9.17, 15) is 4.79 Å². The van der Waals surface area contributed by atoms with E-state index < -0.39 is 6.04 Å². The summed E-state index contributed by atoms with van der Waals surface area (Å²) < 4.78 is 4.69. The Bertz CT molecular complexity index is 264. The number of methoxy groups -OCH3 is 1. The molecule has 98 valence electrons. The molecular weight excluding hydrogens is 216 g/mol. The van der Waals surface area contributed by atoms with E-state index in [1.165, 1.54) is 45.6 Å². The third kappa shape index (κ3) is 2.99. The van der Waals surface area contributed by atoms with Crippen LogP contribution in [0.2, 0.25) is 0 Å². The maximum atomic E-state index is 11.4. The van der Waals surface area contributed by atoms with E-state index in [2.05, 4.69) is 4.90 Å². The molecule has 1 aliphatic heterocycles. The quantitative estimate of drug-likeness (QED) is 0.749. The average molecular weight is 240 g/mol. The lowest BCUT2D eigenvalue weighted by Crippen LogP contribution is -2.46. The van der Waals surface area contributed by atoms with Gasteiger partial charge in [0.25, 0.3) is 0 Å². The van der Waals surface area contributed by atoms with E-state index in [4.69, 9.17) is 10.5 Å². The molecule has 0 radical (unpaired) electrons. The van der Waals surface area contributed by atoms with Crippen LogP contribution in [-0.2, 0) is 9.53 Å². The standard InChI is InChI=1S/C13H24N2O2/c1-17-13(16)11(14)9-15-8-4-7-12(15)10-5-2-3-6-10/h10-12H,2-9,14H2,1H3. The molecule has 0 bridgehead atoms. The lowest BCUT2D eigenvalue weighted by Gasteiger charge is -2.30. The number of rotatable bonds is 4. The van der Waals surface area contributed by atoms with E-state index in [1.54, 1.807) is 0 Å². The number of hydrogen-bond acceptors (Lipinski definition) is 4. The van der Waals surface area contributed by atoms with Gasteiger partial charge in [-0.1, -0.05) is 12.8 Å². The molecule has 1 saturated carbocycles. The van der Waals surface area contributed by atoms with Crippen molar-refractivity contribution in [1.29, 1.82) is 0 Å². The molecule has 1 aliphatic carbocycles. The van der Waals surface area contributed by atoms with E-state index >= 15 is 0 Å². The average Bonchev–Trinajstić information content (AvgIpc) is 2.97. The maximum Gasteiger partial charge on any atom is 0.323 e. The van der Waals surface area contributed by atoms with Crippen LogP contribution in [0.15, 0.2) is 0 Å². The molecule has 2 unspecified atom stereocenters. The molecule has 2 aliphatic rings. The molecule has 1 saturated heterocycles. The van der Waals surface area contributed by atoms with Crippen LogP contribution in [-0.4, -0.2) is 43.2 Å². The van der Waals surface area contributed by atoms with Gasteiger partial charge in [0.15, 0.2) is 0 Å². The van der Waals surface area contributed by atoms with Gasteiger partial charge in [-0.2, -0.15) is 0 Å². The van der Waals surface area contributed by atoms with Crippen LogP contribution in [0.25, 0.3) is 0 Å². The zero-order chi connectivity index (χ0) is 12.3. The van der Waals surface area contributed by atoms with Crippen molar-refractivity contribution >= 4 is 5.97 Å². The zero-order valence-electron chi connectivity index (χ0n) is 10.7. The van der Waals surface area contributed by atoms with Crippen LogP contribution in [0, 0.1) is 5.92 Å². The third-order valence-electron chi connectivity index (χ3n) is 4.29. The number of likely N-dealkylation sites (tertiary alicyclic amines) is 1. The van der Waals surface area contributed by atoms with Crippen LogP contribution >= 0.6 is 0 Å². The largest absolute Gasteiger partial charge is 0.468 e. The molecule has 4 heteroatoms. The highest BCUT2D eigenvalue weighted by Gasteiger charge is 2.34. The normalized spacial score (nSPS) is 28.5. The summed E-state index contributed by atoms with van der Waals surface area (Å²) in [6.45, 7) is 1.75. The first-order valence-corrected chi connectivity index (χ1v) is 6.80. The summed E-state index contributed by atoms with van der Waals surface area (Å²) in [6, 6.07) is 0.176. The molecule has 0 aromatic heterocycles. The monoisotopic (exact) mass is 240 g/mol. The fraction of sp³-hybridized carbons (Fsp3) is 0.923. The van der Waals surface area contributed by atoms with Gasteiger partial charge in [-0.05, 0) is 38.1 Å². The second kappa shape index (κ2) is 5.83. The summed E-state index contributed by atoms with van der Waals surface area (Å²) >= 11 is 0. The summed E-state index contributed by atoms with van der Waals surface area (Å²) in [4.78, 5) is 13.8. The highest BCUT2D eigenvalue weighted by Crippen LogP contribution is 2.35. The van der Waals surface area contributed by atoms with Crippen LogP contribution < -0.4 is 5.73 Å². The number of hydrogen-bond donors (Lipinski definition) is 1. The number of esters is 1. The molecule has 0 aromatic carbocycles. The number of nitrogens with two attached hydrogens (primary N) is 1. The predicted molar refractivity (Wildman–Crippen MR) is 66.5 cm³/mol. The van der Waals surface area contributed by atoms with Gasteiger partial charge in [0.1, 0.15) is 6.04 Å². The van der Waals surface area contributed by atoms with Crippen molar-refractivity contribution in [3.05, 3.63) is 0 Å². The van der Waals surface area contributed by atoms with Crippen molar-refractivity contribution in [3.63, 3.8) is 0 Å². The summed E-state index contributed by atoms with van der Waals surface area (Å²) in [5.41, 5.74) is 5.85. The first kappa shape index (κ1) is 12.8. The smallest absolute Gasteiger partial charge is 0.323 e. The first-order chi connectivity index (χ1) is 8.22. The molecule has 0 amide bonds. The van der Waals surface area contributed by atoms with Gasteiger partial charge < -0.3 is 10.5 Å². The van der Waals surface area contributed by atoms with Gasteiger partial charge in [0, 0.05) is 12.6 Å². The third-order valence-corrected chi connectivity index (χ3v) is 4.29. The minimum Gasteiger partial charge on any atom is -0.468 e. The number of nitrogens with zero attached hydrogens (tertiary/aromatic N) is 1. The lowest BCUT2D eigenvalue weighted by molar-refractivity contribution is -0.142. The molecule has 2 N–H and O–H groups in total. The Morgan fingerprint density at radius 2 is 2.06 bits per heavy atom. The molecular formula is C13H24N2O2. The molecule has 2 fully saturated rings. The van der Waals surface area contributed by atoms with Crippen molar-refractivity contribution in [3.8, 4) is 0 Å². The Labute approximate surface area is 103 Å². The highest BCUT2D eigenvalue weighted by molar-refractivity contribution is 5.75.